The van der Waals surface area contributed by atoms with E-state index in [-0.39, 0.29) is 23.9 Å². The molecule has 0 spiro atoms. The molecule has 1 aromatic heterocycles. The molecule has 30 heavy (non-hydrogen) atoms. The molecule has 8 heteroatoms. The number of carbonyl (C=O) groups excluding carboxylic acids is 2. The van der Waals surface area contributed by atoms with Crippen molar-refractivity contribution in [2.75, 3.05) is 51.1 Å². The Hall–Kier alpha value is -2.90. The van der Waals surface area contributed by atoms with Gasteiger partial charge in [-0.1, -0.05) is 12.1 Å². The van der Waals surface area contributed by atoms with Crippen LogP contribution in [0.25, 0.3) is 10.9 Å². The van der Waals surface area contributed by atoms with Gasteiger partial charge in [0, 0.05) is 46.7 Å². The van der Waals surface area contributed by atoms with Gasteiger partial charge < -0.3 is 19.6 Å². The van der Waals surface area contributed by atoms with Crippen molar-refractivity contribution in [1.29, 1.82) is 0 Å². The van der Waals surface area contributed by atoms with Crippen LogP contribution >= 0.6 is 0 Å². The monoisotopic (exact) mass is 410 g/mol. The van der Waals surface area contributed by atoms with Crippen molar-refractivity contribution >= 4 is 34.5 Å². The van der Waals surface area contributed by atoms with E-state index < -0.39 is 0 Å². The van der Waals surface area contributed by atoms with Crippen LogP contribution in [-0.2, 0) is 9.59 Å². The highest BCUT2D eigenvalue weighted by atomic mass is 16.2. The first-order chi connectivity index (χ1) is 14.4. The van der Waals surface area contributed by atoms with Gasteiger partial charge in [0.05, 0.1) is 5.52 Å². The van der Waals surface area contributed by atoms with Gasteiger partial charge in [0.1, 0.15) is 17.9 Å². The summed E-state index contributed by atoms with van der Waals surface area (Å²) in [7, 11) is 7.16. The molecule has 2 atom stereocenters. The second-order valence-electron chi connectivity index (χ2n) is 8.53. The predicted molar refractivity (Wildman–Crippen MR) is 118 cm³/mol. The minimum Gasteiger partial charge on any atom is -0.347 e. The minimum absolute atomic E-state index is 0.0765. The second-order valence-corrected chi connectivity index (χ2v) is 8.53. The zero-order valence-corrected chi connectivity index (χ0v) is 18.2. The van der Waals surface area contributed by atoms with Crippen LogP contribution < -0.4 is 9.80 Å². The summed E-state index contributed by atoms with van der Waals surface area (Å²) < 4.78 is 0. The number of hydrogen-bond acceptors (Lipinski definition) is 6. The van der Waals surface area contributed by atoms with Crippen LogP contribution in [0.4, 0.5) is 11.8 Å². The molecule has 2 unspecified atom stereocenters. The van der Waals surface area contributed by atoms with Crippen molar-refractivity contribution in [3.8, 4) is 0 Å². The quantitative estimate of drug-likeness (QED) is 0.765. The first-order valence-electron chi connectivity index (χ1n) is 10.6. The molecule has 2 aromatic rings. The molecule has 2 fully saturated rings. The van der Waals surface area contributed by atoms with Gasteiger partial charge in [0.25, 0.3) is 0 Å². The lowest BCUT2D eigenvalue weighted by Gasteiger charge is -2.30. The summed E-state index contributed by atoms with van der Waals surface area (Å²) in [5.74, 6) is 1.53. The number of carbonyl (C=O) groups is 2. The second kappa shape index (κ2) is 8.08. The third-order valence-electron chi connectivity index (χ3n) is 6.06. The molecule has 2 aliphatic heterocycles. The summed E-state index contributed by atoms with van der Waals surface area (Å²) in [4.78, 5) is 42.7. The van der Waals surface area contributed by atoms with Crippen LogP contribution in [0, 0.1) is 0 Å². The van der Waals surface area contributed by atoms with E-state index in [1.54, 1.807) is 38.0 Å². The number of amides is 2. The molecule has 0 radical (unpaired) electrons. The first kappa shape index (κ1) is 20.4. The summed E-state index contributed by atoms with van der Waals surface area (Å²) in [6.45, 7) is 1.53. The summed E-state index contributed by atoms with van der Waals surface area (Å²) >= 11 is 0. The smallest absolute Gasteiger partial charge is 0.244 e. The number of nitrogens with zero attached hydrogens (tertiary/aromatic N) is 6. The van der Waals surface area contributed by atoms with Gasteiger partial charge in [0.15, 0.2) is 0 Å². The van der Waals surface area contributed by atoms with Crippen LogP contribution in [0.3, 0.4) is 0 Å². The number of benzene rings is 1. The number of hydrogen-bond donors (Lipinski definition) is 0. The van der Waals surface area contributed by atoms with Gasteiger partial charge in [-0.2, -0.15) is 4.98 Å². The molecule has 160 valence electrons. The number of likely N-dealkylation sites (N-methyl/N-ethyl adjacent to an activating group) is 2. The Balaban J connectivity index is 1.79. The van der Waals surface area contributed by atoms with Crippen molar-refractivity contribution in [3.05, 3.63) is 24.3 Å². The SMILES string of the molecule is CN(C)C(=O)C1CCCN1c1nc(N2CCCC2C(=O)N(C)C)c2ccccc2n1. The Labute approximate surface area is 177 Å². The Kier molecular flexibility index (Phi) is 5.49. The molecule has 0 bridgehead atoms. The average molecular weight is 411 g/mol. The molecule has 2 amide bonds. The standard InChI is InChI=1S/C22H30N6O2/c1-25(2)20(29)17-11-7-13-27(17)19-15-9-5-6-10-16(15)23-22(24-19)28-14-8-12-18(28)21(30)26(3)4/h5-6,9-10,17-18H,7-8,11-14H2,1-4H3. The minimum atomic E-state index is -0.244. The number of anilines is 2. The van der Waals surface area contributed by atoms with Crippen molar-refractivity contribution < 1.29 is 9.59 Å². The lowest BCUT2D eigenvalue weighted by molar-refractivity contribution is -0.130. The summed E-state index contributed by atoms with van der Waals surface area (Å²) in [6.07, 6.45) is 3.49. The third-order valence-corrected chi connectivity index (χ3v) is 6.06. The van der Waals surface area contributed by atoms with Gasteiger partial charge in [-0.15, -0.1) is 0 Å². The predicted octanol–water partition coefficient (Wildman–Crippen LogP) is 1.74. The fourth-order valence-corrected chi connectivity index (χ4v) is 4.53. The molecule has 0 aliphatic carbocycles. The van der Waals surface area contributed by atoms with Crippen LogP contribution in [0.2, 0.25) is 0 Å². The highest BCUT2D eigenvalue weighted by molar-refractivity contribution is 5.94. The Bertz CT molecular complexity index is 960. The normalized spacial score (nSPS) is 21.3. The molecule has 0 saturated carbocycles. The van der Waals surface area contributed by atoms with Crippen molar-refractivity contribution in [2.45, 2.75) is 37.8 Å². The van der Waals surface area contributed by atoms with Gasteiger partial charge >= 0.3 is 0 Å². The van der Waals surface area contributed by atoms with Gasteiger partial charge in [-0.3, -0.25) is 9.59 Å². The van der Waals surface area contributed by atoms with Gasteiger partial charge in [-0.05, 0) is 37.8 Å². The molecular formula is C22H30N6O2. The average Bonchev–Trinajstić information content (AvgIpc) is 3.41. The molecular weight excluding hydrogens is 380 g/mol. The number of rotatable bonds is 4. The zero-order valence-electron chi connectivity index (χ0n) is 18.2. The molecule has 8 nitrogen and oxygen atoms in total. The van der Waals surface area contributed by atoms with Crippen LogP contribution in [0.15, 0.2) is 24.3 Å². The van der Waals surface area contributed by atoms with Gasteiger partial charge in [-0.25, -0.2) is 4.98 Å². The van der Waals surface area contributed by atoms with Crippen molar-refractivity contribution in [1.82, 2.24) is 19.8 Å². The Morgan fingerprint density at radius 1 is 0.867 bits per heavy atom. The topological polar surface area (TPSA) is 72.9 Å². The highest BCUT2D eigenvalue weighted by Gasteiger charge is 2.36. The van der Waals surface area contributed by atoms with Crippen LogP contribution in [0.1, 0.15) is 25.7 Å². The van der Waals surface area contributed by atoms with E-state index >= 15 is 0 Å². The van der Waals surface area contributed by atoms with E-state index in [0.717, 1.165) is 55.5 Å². The maximum Gasteiger partial charge on any atom is 0.244 e. The fourth-order valence-electron chi connectivity index (χ4n) is 4.53. The van der Waals surface area contributed by atoms with E-state index in [1.165, 1.54) is 0 Å². The maximum atomic E-state index is 12.8. The summed E-state index contributed by atoms with van der Waals surface area (Å²) in [6, 6.07) is 7.46. The van der Waals surface area contributed by atoms with E-state index in [2.05, 4.69) is 4.90 Å². The van der Waals surface area contributed by atoms with Crippen molar-refractivity contribution in [3.63, 3.8) is 0 Å². The number of fused-ring (bicyclic) bond motifs is 1. The molecule has 2 saturated heterocycles. The van der Waals surface area contributed by atoms with E-state index in [4.69, 9.17) is 9.97 Å². The van der Waals surface area contributed by atoms with Gasteiger partial charge in [0.2, 0.25) is 17.8 Å². The highest BCUT2D eigenvalue weighted by Crippen LogP contribution is 2.34. The fraction of sp³-hybridized carbons (Fsp3) is 0.545. The zero-order chi connectivity index (χ0) is 21.4. The Morgan fingerprint density at radius 2 is 1.43 bits per heavy atom. The molecule has 4 rings (SSSR count). The van der Waals surface area contributed by atoms with E-state index in [1.807, 2.05) is 29.2 Å². The summed E-state index contributed by atoms with van der Waals surface area (Å²) in [5.41, 5.74) is 0.836. The molecule has 3 heterocycles. The van der Waals surface area contributed by atoms with E-state index in [9.17, 15) is 9.59 Å². The van der Waals surface area contributed by atoms with Crippen LogP contribution in [0.5, 0.6) is 0 Å². The first-order valence-corrected chi connectivity index (χ1v) is 10.6. The van der Waals surface area contributed by atoms with Crippen LogP contribution in [-0.4, -0.2) is 84.9 Å². The largest absolute Gasteiger partial charge is 0.347 e. The number of para-hydroxylation sites is 1. The molecule has 1 aromatic carbocycles. The van der Waals surface area contributed by atoms with E-state index in [0.29, 0.717) is 5.95 Å². The Morgan fingerprint density at radius 3 is 2.07 bits per heavy atom. The molecule has 2 aliphatic rings. The maximum absolute atomic E-state index is 12.8. The summed E-state index contributed by atoms with van der Waals surface area (Å²) in [5, 5.41) is 0.939. The molecule has 0 N–H and O–H groups in total. The number of aromatic nitrogens is 2. The lowest BCUT2D eigenvalue weighted by atomic mass is 10.1. The third kappa shape index (κ3) is 3.55. The van der Waals surface area contributed by atoms with Crippen molar-refractivity contribution in [2.24, 2.45) is 0 Å². The lowest BCUT2D eigenvalue weighted by Crippen LogP contribution is -2.44.